The molecule has 1 fully saturated rings. The minimum Gasteiger partial charge on any atom is -0.493 e. The summed E-state index contributed by atoms with van der Waals surface area (Å²) in [7, 11) is 0. The van der Waals surface area contributed by atoms with Crippen LogP contribution >= 0.6 is 11.3 Å². The quantitative estimate of drug-likeness (QED) is 0.222. The average molecular weight is 583 g/mol. The van der Waals surface area contributed by atoms with E-state index in [1.54, 1.807) is 29.5 Å². The Bertz CT molecular complexity index is 1730. The standard InChI is InChI=1S/C32H30N4O5S/c1-17-12-19(15-33)4-6-25(17)36-30(37)23-13-24-27(41-10-8-20-9-11-42-29(20)24)14-22(23)21-5-7-26(35-28(21)32(39)40)31(38)34-16-18-2-3-18/h4-7,9,11-14,18H,2-3,8,10,15-16,33H2,1H3,(H,34,38)(H,36,37)(H,39,40). The zero-order valence-corrected chi connectivity index (χ0v) is 23.8. The summed E-state index contributed by atoms with van der Waals surface area (Å²) in [6, 6.07) is 14.1. The van der Waals surface area contributed by atoms with Gasteiger partial charge in [-0.2, -0.15) is 0 Å². The van der Waals surface area contributed by atoms with Crippen LogP contribution in [-0.4, -0.2) is 41.0 Å². The average Bonchev–Trinajstić information content (AvgIpc) is 3.75. The van der Waals surface area contributed by atoms with E-state index in [9.17, 15) is 19.5 Å². The maximum atomic E-state index is 13.9. The van der Waals surface area contributed by atoms with Gasteiger partial charge in [-0.1, -0.05) is 12.1 Å². The number of ether oxygens (including phenoxy) is 1. The van der Waals surface area contributed by atoms with Crippen LogP contribution in [-0.2, 0) is 13.0 Å². The number of benzene rings is 2. The van der Waals surface area contributed by atoms with Crippen LogP contribution in [0.5, 0.6) is 5.75 Å². The highest BCUT2D eigenvalue weighted by atomic mass is 32.1. The van der Waals surface area contributed by atoms with Crippen LogP contribution in [0, 0.1) is 12.8 Å². The number of anilines is 1. The summed E-state index contributed by atoms with van der Waals surface area (Å²) < 4.78 is 6.10. The van der Waals surface area contributed by atoms with Gasteiger partial charge in [0.25, 0.3) is 11.8 Å². The van der Waals surface area contributed by atoms with Crippen molar-refractivity contribution in [3.8, 4) is 27.3 Å². The minimum atomic E-state index is -1.31. The molecule has 0 unspecified atom stereocenters. The Hall–Kier alpha value is -4.54. The van der Waals surface area contributed by atoms with Crippen molar-refractivity contribution in [2.24, 2.45) is 11.7 Å². The third kappa shape index (κ3) is 5.50. The molecule has 42 heavy (non-hydrogen) atoms. The number of nitrogens with zero attached hydrogens (tertiary/aromatic N) is 1. The van der Waals surface area contributed by atoms with Gasteiger partial charge in [0.2, 0.25) is 0 Å². The van der Waals surface area contributed by atoms with Crippen molar-refractivity contribution in [3.05, 3.63) is 87.6 Å². The van der Waals surface area contributed by atoms with E-state index in [1.165, 1.54) is 12.1 Å². The zero-order chi connectivity index (χ0) is 29.4. The lowest BCUT2D eigenvalue weighted by molar-refractivity contribution is 0.0691. The number of nitrogens with one attached hydrogen (secondary N) is 2. The Morgan fingerprint density at radius 2 is 1.88 bits per heavy atom. The highest BCUT2D eigenvalue weighted by Gasteiger charge is 2.27. The smallest absolute Gasteiger partial charge is 0.355 e. The normalized spacial score (nSPS) is 13.8. The van der Waals surface area contributed by atoms with Crippen LogP contribution < -0.4 is 21.1 Å². The Morgan fingerprint density at radius 3 is 2.62 bits per heavy atom. The van der Waals surface area contributed by atoms with Crippen molar-refractivity contribution < 1.29 is 24.2 Å². The van der Waals surface area contributed by atoms with Crippen LogP contribution in [0.3, 0.4) is 0 Å². The summed E-state index contributed by atoms with van der Waals surface area (Å²) in [4.78, 5) is 44.4. The van der Waals surface area contributed by atoms with Gasteiger partial charge >= 0.3 is 5.97 Å². The molecule has 3 heterocycles. The minimum absolute atomic E-state index is 0.00709. The van der Waals surface area contributed by atoms with E-state index in [1.807, 2.05) is 30.5 Å². The van der Waals surface area contributed by atoms with E-state index in [2.05, 4.69) is 15.6 Å². The van der Waals surface area contributed by atoms with Crippen molar-refractivity contribution in [1.82, 2.24) is 10.3 Å². The summed E-state index contributed by atoms with van der Waals surface area (Å²) in [6.07, 6.45) is 2.85. The lowest BCUT2D eigenvalue weighted by Gasteiger charge is -2.18. The van der Waals surface area contributed by atoms with Gasteiger partial charge in [0.1, 0.15) is 11.4 Å². The molecule has 0 bridgehead atoms. The number of pyridine rings is 1. The molecule has 0 atom stereocenters. The molecule has 5 N–H and O–H groups in total. The van der Waals surface area contributed by atoms with Crippen molar-refractivity contribution in [1.29, 1.82) is 0 Å². The third-order valence-corrected chi connectivity index (χ3v) is 8.62. The first-order valence-corrected chi connectivity index (χ1v) is 14.7. The number of fused-ring (bicyclic) bond motifs is 3. The summed E-state index contributed by atoms with van der Waals surface area (Å²) >= 11 is 1.56. The second-order valence-corrected chi connectivity index (χ2v) is 11.5. The Balaban J connectivity index is 1.46. The van der Waals surface area contributed by atoms with Crippen LogP contribution in [0.1, 0.15) is 60.9 Å². The summed E-state index contributed by atoms with van der Waals surface area (Å²) in [5, 5.41) is 18.0. The molecule has 1 aliphatic carbocycles. The van der Waals surface area contributed by atoms with Gasteiger partial charge in [-0.05, 0) is 84.2 Å². The monoisotopic (exact) mass is 582 g/mol. The van der Waals surface area contributed by atoms with Crippen molar-refractivity contribution in [2.75, 3.05) is 18.5 Å². The Labute approximate surface area is 246 Å². The molecule has 0 saturated heterocycles. The van der Waals surface area contributed by atoms with E-state index >= 15 is 0 Å². The fraction of sp³-hybridized carbons (Fsp3) is 0.250. The number of aryl methyl sites for hydroxylation is 1. The number of nitrogens with two attached hydrogens (primary N) is 1. The molecule has 9 nitrogen and oxygen atoms in total. The lowest BCUT2D eigenvalue weighted by atomic mass is 9.93. The van der Waals surface area contributed by atoms with Gasteiger partial charge in [0.15, 0.2) is 5.69 Å². The fourth-order valence-electron chi connectivity index (χ4n) is 5.13. The fourth-order valence-corrected chi connectivity index (χ4v) is 6.10. The molecule has 10 heteroatoms. The molecule has 6 rings (SSSR count). The molecule has 4 aromatic rings. The van der Waals surface area contributed by atoms with E-state index in [0.29, 0.717) is 49.0 Å². The lowest BCUT2D eigenvalue weighted by Crippen LogP contribution is -2.27. The highest BCUT2D eigenvalue weighted by Crippen LogP contribution is 2.43. The number of rotatable bonds is 8. The Kier molecular flexibility index (Phi) is 7.49. The number of carboxylic acids is 1. The first-order valence-electron chi connectivity index (χ1n) is 13.8. The van der Waals surface area contributed by atoms with Crippen LogP contribution in [0.25, 0.3) is 21.6 Å². The molecule has 0 spiro atoms. The van der Waals surface area contributed by atoms with Gasteiger partial charge in [0, 0.05) is 52.3 Å². The Morgan fingerprint density at radius 1 is 1.05 bits per heavy atom. The molecule has 214 valence electrons. The van der Waals surface area contributed by atoms with Gasteiger partial charge in [-0.3, -0.25) is 9.59 Å². The predicted molar refractivity (Wildman–Crippen MR) is 161 cm³/mol. The SMILES string of the molecule is Cc1cc(CN)ccc1NC(=O)c1cc2c(cc1-c1ccc(C(=O)NCC3CC3)nc1C(=O)O)OCCc1ccsc1-2. The van der Waals surface area contributed by atoms with Crippen molar-refractivity contribution in [3.63, 3.8) is 0 Å². The second kappa shape index (κ2) is 11.4. The first kappa shape index (κ1) is 27.6. The predicted octanol–water partition coefficient (Wildman–Crippen LogP) is 5.27. The molecular weight excluding hydrogens is 552 g/mol. The second-order valence-electron chi connectivity index (χ2n) is 10.6. The maximum absolute atomic E-state index is 13.9. The molecule has 2 aliphatic rings. The summed E-state index contributed by atoms with van der Waals surface area (Å²) in [6.45, 7) is 3.25. The number of carbonyl (C=O) groups excluding carboxylic acids is 2. The van der Waals surface area contributed by atoms with Crippen LogP contribution in [0.15, 0.2) is 53.9 Å². The molecule has 1 saturated carbocycles. The number of amides is 2. The van der Waals surface area contributed by atoms with Crippen molar-refractivity contribution >= 4 is 34.8 Å². The number of thiophene rings is 1. The van der Waals surface area contributed by atoms with E-state index in [4.69, 9.17) is 10.5 Å². The first-order chi connectivity index (χ1) is 20.3. The maximum Gasteiger partial charge on any atom is 0.355 e. The zero-order valence-electron chi connectivity index (χ0n) is 23.0. The molecule has 2 aromatic carbocycles. The van der Waals surface area contributed by atoms with E-state index in [0.717, 1.165) is 40.0 Å². The van der Waals surface area contributed by atoms with Gasteiger partial charge in [-0.25, -0.2) is 9.78 Å². The van der Waals surface area contributed by atoms with Gasteiger partial charge in [0.05, 0.1) is 6.61 Å². The van der Waals surface area contributed by atoms with Gasteiger partial charge < -0.3 is 26.2 Å². The topological polar surface area (TPSA) is 144 Å². The largest absolute Gasteiger partial charge is 0.493 e. The number of aromatic nitrogens is 1. The number of carbonyl (C=O) groups is 3. The van der Waals surface area contributed by atoms with E-state index < -0.39 is 17.8 Å². The molecule has 2 aromatic heterocycles. The molecule has 0 radical (unpaired) electrons. The third-order valence-electron chi connectivity index (χ3n) is 7.63. The number of hydrogen-bond acceptors (Lipinski definition) is 7. The molecule has 1 aliphatic heterocycles. The highest BCUT2D eigenvalue weighted by molar-refractivity contribution is 7.13. The number of hydrogen-bond donors (Lipinski definition) is 4. The number of aromatic carboxylic acids is 1. The summed E-state index contributed by atoms with van der Waals surface area (Å²) in [5.74, 6) is -1.14. The van der Waals surface area contributed by atoms with Crippen LogP contribution in [0.4, 0.5) is 5.69 Å². The molecule has 2 amide bonds. The van der Waals surface area contributed by atoms with Crippen LogP contribution in [0.2, 0.25) is 0 Å². The summed E-state index contributed by atoms with van der Waals surface area (Å²) in [5.41, 5.74) is 10.6. The van der Waals surface area contributed by atoms with Gasteiger partial charge in [-0.15, -0.1) is 11.3 Å². The van der Waals surface area contributed by atoms with E-state index in [-0.39, 0.29) is 22.5 Å². The van der Waals surface area contributed by atoms with Crippen molar-refractivity contribution in [2.45, 2.75) is 32.7 Å². The molecular formula is C32H30N4O5S. The number of carboxylic acid groups (broad SMARTS) is 1.